The van der Waals surface area contributed by atoms with Crippen LogP contribution in [0.25, 0.3) is 0 Å². The van der Waals surface area contributed by atoms with Crippen LogP contribution in [-0.4, -0.2) is 18.0 Å². The minimum absolute atomic E-state index is 0.140. The number of carbonyl (C=O) groups is 1. The maximum absolute atomic E-state index is 13.6. The van der Waals surface area contributed by atoms with Crippen LogP contribution < -0.4 is 10.6 Å². The molecule has 1 fully saturated rings. The first-order valence-corrected chi connectivity index (χ1v) is 6.97. The second-order valence-electron chi connectivity index (χ2n) is 4.94. The third-order valence-corrected chi connectivity index (χ3v) is 3.77. The van der Waals surface area contributed by atoms with Gasteiger partial charge in [0, 0.05) is 5.02 Å². The smallest absolute Gasteiger partial charge is 0.244 e. The summed E-state index contributed by atoms with van der Waals surface area (Å²) in [6.07, 6.45) is 3.40. The van der Waals surface area contributed by atoms with Gasteiger partial charge in [-0.3, -0.25) is 4.79 Å². The Hall–Kier alpha value is -1.13. The Morgan fingerprint density at radius 2 is 2.37 bits per heavy atom. The molecule has 2 rings (SSSR count). The predicted octanol–water partition coefficient (Wildman–Crippen LogP) is 3.34. The van der Waals surface area contributed by atoms with Crippen molar-refractivity contribution < 1.29 is 9.18 Å². The van der Waals surface area contributed by atoms with Gasteiger partial charge in [0.05, 0.1) is 11.2 Å². The van der Waals surface area contributed by atoms with E-state index >= 15 is 0 Å². The quantitative estimate of drug-likeness (QED) is 0.890. The first-order chi connectivity index (χ1) is 9.07. The Balaban J connectivity index is 2.17. The second kappa shape index (κ2) is 5.88. The molecule has 1 aromatic carbocycles. The number of halogens is 2. The fourth-order valence-corrected chi connectivity index (χ4v) is 2.76. The molecule has 0 spiro atoms. The van der Waals surface area contributed by atoms with Gasteiger partial charge >= 0.3 is 0 Å². The summed E-state index contributed by atoms with van der Waals surface area (Å²) in [6.45, 7) is 2.86. The van der Waals surface area contributed by atoms with Crippen LogP contribution in [0, 0.1) is 5.82 Å². The zero-order chi connectivity index (χ0) is 13.9. The van der Waals surface area contributed by atoms with E-state index in [4.69, 9.17) is 11.6 Å². The van der Waals surface area contributed by atoms with E-state index in [1.54, 1.807) is 0 Å². The van der Waals surface area contributed by atoms with E-state index in [9.17, 15) is 9.18 Å². The number of rotatable bonds is 4. The van der Waals surface area contributed by atoms with Crippen molar-refractivity contribution in [1.82, 2.24) is 5.32 Å². The summed E-state index contributed by atoms with van der Waals surface area (Å²) in [6, 6.07) is 4.15. The van der Waals surface area contributed by atoms with Crippen LogP contribution in [0.3, 0.4) is 0 Å². The van der Waals surface area contributed by atoms with Crippen LogP contribution in [0.2, 0.25) is 5.02 Å². The van der Waals surface area contributed by atoms with E-state index in [0.717, 1.165) is 32.2 Å². The highest BCUT2D eigenvalue weighted by molar-refractivity contribution is 6.30. The molecule has 1 saturated heterocycles. The molecule has 0 aromatic heterocycles. The topological polar surface area (TPSA) is 41.1 Å². The fraction of sp³-hybridized carbons (Fsp3) is 0.500. The van der Waals surface area contributed by atoms with Crippen molar-refractivity contribution >= 4 is 23.2 Å². The Labute approximate surface area is 117 Å². The lowest BCUT2D eigenvalue weighted by molar-refractivity contribution is -0.122. The van der Waals surface area contributed by atoms with E-state index in [1.807, 2.05) is 6.92 Å². The molecule has 2 N–H and O–H groups in total. The molecule has 104 valence electrons. The monoisotopic (exact) mass is 284 g/mol. The van der Waals surface area contributed by atoms with Crippen molar-refractivity contribution in [3.05, 3.63) is 29.0 Å². The van der Waals surface area contributed by atoms with Gasteiger partial charge in [-0.05, 0) is 44.0 Å². The van der Waals surface area contributed by atoms with Crippen molar-refractivity contribution in [2.24, 2.45) is 0 Å². The van der Waals surface area contributed by atoms with Gasteiger partial charge < -0.3 is 10.6 Å². The Morgan fingerprint density at radius 1 is 1.58 bits per heavy atom. The largest absolute Gasteiger partial charge is 0.322 e. The van der Waals surface area contributed by atoms with Crippen molar-refractivity contribution in [2.75, 3.05) is 11.9 Å². The Bertz CT molecular complexity index is 473. The number of amides is 1. The molecule has 1 heterocycles. The third-order valence-electron chi connectivity index (χ3n) is 3.53. The summed E-state index contributed by atoms with van der Waals surface area (Å²) in [5.74, 6) is -0.643. The molecule has 1 aliphatic rings. The molecular weight excluding hydrogens is 267 g/mol. The first-order valence-electron chi connectivity index (χ1n) is 6.59. The highest BCUT2D eigenvalue weighted by Crippen LogP contribution is 2.28. The minimum Gasteiger partial charge on any atom is -0.322 e. The summed E-state index contributed by atoms with van der Waals surface area (Å²) in [7, 11) is 0. The number of nitrogens with one attached hydrogen (secondary N) is 2. The standard InChI is InChI=1S/C14H18ClFN2O/c1-2-6-14(7-3-8-17-14)13(19)18-12-9-10(15)4-5-11(12)16/h4-5,9,17H,2-3,6-8H2,1H3,(H,18,19). The zero-order valence-electron chi connectivity index (χ0n) is 10.9. The molecule has 1 aromatic rings. The van der Waals surface area contributed by atoms with Crippen LogP contribution in [0.15, 0.2) is 18.2 Å². The average molecular weight is 285 g/mol. The van der Waals surface area contributed by atoms with Crippen LogP contribution >= 0.6 is 11.6 Å². The molecule has 0 radical (unpaired) electrons. The number of benzene rings is 1. The number of carbonyl (C=O) groups excluding carboxylic acids is 1. The van der Waals surface area contributed by atoms with E-state index in [0.29, 0.717) is 5.02 Å². The van der Waals surface area contributed by atoms with Gasteiger partial charge in [-0.25, -0.2) is 4.39 Å². The van der Waals surface area contributed by atoms with E-state index in [2.05, 4.69) is 10.6 Å². The lowest BCUT2D eigenvalue weighted by Gasteiger charge is -2.28. The first kappa shape index (κ1) is 14.3. The maximum Gasteiger partial charge on any atom is 0.244 e. The second-order valence-corrected chi connectivity index (χ2v) is 5.38. The number of hydrogen-bond acceptors (Lipinski definition) is 2. The summed E-state index contributed by atoms with van der Waals surface area (Å²) in [5.41, 5.74) is -0.426. The van der Waals surface area contributed by atoms with Crippen LogP contribution in [0.1, 0.15) is 32.6 Å². The average Bonchev–Trinajstić information content (AvgIpc) is 2.84. The molecule has 1 aliphatic heterocycles. The number of anilines is 1. The normalized spacial score (nSPS) is 22.5. The minimum atomic E-state index is -0.566. The molecule has 5 heteroatoms. The highest BCUT2D eigenvalue weighted by atomic mass is 35.5. The molecular formula is C14H18ClFN2O. The van der Waals surface area contributed by atoms with Gasteiger partial charge in [-0.1, -0.05) is 24.9 Å². The van der Waals surface area contributed by atoms with Crippen molar-refractivity contribution in [3.8, 4) is 0 Å². The number of hydrogen-bond donors (Lipinski definition) is 2. The van der Waals surface area contributed by atoms with E-state index in [-0.39, 0.29) is 11.6 Å². The summed E-state index contributed by atoms with van der Waals surface area (Å²) in [5, 5.41) is 6.32. The summed E-state index contributed by atoms with van der Waals surface area (Å²) < 4.78 is 13.6. The lowest BCUT2D eigenvalue weighted by atomic mass is 9.91. The molecule has 0 aliphatic carbocycles. The molecule has 1 unspecified atom stereocenters. The molecule has 0 bridgehead atoms. The Kier molecular flexibility index (Phi) is 4.42. The van der Waals surface area contributed by atoms with Gasteiger partial charge in [0.25, 0.3) is 0 Å². The molecule has 0 saturated carbocycles. The maximum atomic E-state index is 13.6. The lowest BCUT2D eigenvalue weighted by Crippen LogP contribution is -2.50. The summed E-state index contributed by atoms with van der Waals surface area (Å²) in [4.78, 5) is 12.4. The molecule has 19 heavy (non-hydrogen) atoms. The van der Waals surface area contributed by atoms with Crippen LogP contribution in [-0.2, 0) is 4.79 Å². The van der Waals surface area contributed by atoms with Crippen molar-refractivity contribution in [1.29, 1.82) is 0 Å². The summed E-state index contributed by atoms with van der Waals surface area (Å²) >= 11 is 5.82. The third kappa shape index (κ3) is 3.07. The van der Waals surface area contributed by atoms with Crippen molar-refractivity contribution in [2.45, 2.75) is 38.1 Å². The molecule has 1 atom stereocenters. The van der Waals surface area contributed by atoms with Gasteiger partial charge in [0.15, 0.2) is 0 Å². The van der Waals surface area contributed by atoms with Gasteiger partial charge in [-0.15, -0.1) is 0 Å². The van der Waals surface area contributed by atoms with Crippen LogP contribution in [0.5, 0.6) is 0 Å². The fourth-order valence-electron chi connectivity index (χ4n) is 2.59. The van der Waals surface area contributed by atoms with Crippen molar-refractivity contribution in [3.63, 3.8) is 0 Å². The molecule has 1 amide bonds. The van der Waals surface area contributed by atoms with E-state index < -0.39 is 11.4 Å². The zero-order valence-corrected chi connectivity index (χ0v) is 11.7. The van der Waals surface area contributed by atoms with E-state index in [1.165, 1.54) is 18.2 Å². The van der Waals surface area contributed by atoms with Gasteiger partial charge in [0.1, 0.15) is 5.82 Å². The predicted molar refractivity (Wildman–Crippen MR) is 74.9 cm³/mol. The Morgan fingerprint density at radius 3 is 3.00 bits per heavy atom. The van der Waals surface area contributed by atoms with Gasteiger partial charge in [-0.2, -0.15) is 0 Å². The van der Waals surface area contributed by atoms with Gasteiger partial charge in [0.2, 0.25) is 5.91 Å². The molecule has 3 nitrogen and oxygen atoms in total. The van der Waals surface area contributed by atoms with Crippen LogP contribution in [0.4, 0.5) is 10.1 Å². The highest BCUT2D eigenvalue weighted by Gasteiger charge is 2.40. The SMILES string of the molecule is CCCC1(C(=O)Nc2cc(Cl)ccc2F)CCCN1.